The smallest absolute Gasteiger partial charge is 0.237 e. The minimum Gasteiger partial charge on any atom is -0.353 e. The van der Waals surface area contributed by atoms with Gasteiger partial charge in [0.2, 0.25) is 11.8 Å². The maximum Gasteiger partial charge on any atom is 0.237 e. The van der Waals surface area contributed by atoms with Gasteiger partial charge in [-0.05, 0) is 12.5 Å². The van der Waals surface area contributed by atoms with Crippen LogP contribution in [0.1, 0.15) is 24.7 Å². The Balaban J connectivity index is 1.55. The average molecular weight is 381 g/mol. The SMILES string of the molecule is CCn1ccnc1CNC(=O)CC1C(=O)NCCN1C/C=C/c1ccccc1. The van der Waals surface area contributed by atoms with Crippen molar-refractivity contribution in [3.63, 3.8) is 0 Å². The normalized spacial score (nSPS) is 17.6. The Morgan fingerprint density at radius 2 is 2.18 bits per heavy atom. The van der Waals surface area contributed by atoms with Crippen LogP contribution in [-0.4, -0.2) is 51.9 Å². The van der Waals surface area contributed by atoms with Crippen LogP contribution >= 0.6 is 0 Å². The Bertz CT molecular complexity index is 815. The molecule has 2 heterocycles. The maximum absolute atomic E-state index is 12.4. The van der Waals surface area contributed by atoms with Crippen molar-refractivity contribution in [3.8, 4) is 0 Å². The Kier molecular flexibility index (Phi) is 6.97. The molecule has 7 nitrogen and oxygen atoms in total. The number of aromatic nitrogens is 2. The third-order valence-electron chi connectivity index (χ3n) is 4.86. The van der Waals surface area contributed by atoms with Crippen LogP contribution in [0.3, 0.4) is 0 Å². The molecule has 0 saturated carbocycles. The van der Waals surface area contributed by atoms with Crippen LogP contribution in [-0.2, 0) is 22.7 Å². The third-order valence-corrected chi connectivity index (χ3v) is 4.86. The zero-order valence-electron chi connectivity index (χ0n) is 16.2. The third kappa shape index (κ3) is 5.29. The number of hydrogen-bond acceptors (Lipinski definition) is 4. The molecule has 2 N–H and O–H groups in total. The monoisotopic (exact) mass is 381 g/mol. The molecule has 148 valence electrons. The molecule has 1 aliphatic heterocycles. The van der Waals surface area contributed by atoms with Crippen LogP contribution in [0.4, 0.5) is 0 Å². The number of amides is 2. The van der Waals surface area contributed by atoms with E-state index in [4.69, 9.17) is 0 Å². The molecular formula is C21H27N5O2. The maximum atomic E-state index is 12.4. The summed E-state index contributed by atoms with van der Waals surface area (Å²) in [5.41, 5.74) is 1.12. The van der Waals surface area contributed by atoms with Gasteiger partial charge in [-0.3, -0.25) is 14.5 Å². The summed E-state index contributed by atoms with van der Waals surface area (Å²) >= 11 is 0. The van der Waals surface area contributed by atoms with Crippen molar-refractivity contribution in [2.75, 3.05) is 19.6 Å². The van der Waals surface area contributed by atoms with Crippen molar-refractivity contribution in [1.29, 1.82) is 0 Å². The molecule has 1 aliphatic rings. The Morgan fingerprint density at radius 1 is 1.36 bits per heavy atom. The number of aryl methyl sites for hydroxylation is 1. The van der Waals surface area contributed by atoms with E-state index in [1.165, 1.54) is 0 Å². The number of carbonyl (C=O) groups excluding carboxylic acids is 2. The number of piperazine rings is 1. The number of hydrogen-bond donors (Lipinski definition) is 2. The topological polar surface area (TPSA) is 79.3 Å². The first-order valence-electron chi connectivity index (χ1n) is 9.67. The molecule has 0 radical (unpaired) electrons. The number of nitrogens with zero attached hydrogens (tertiary/aromatic N) is 3. The van der Waals surface area contributed by atoms with Gasteiger partial charge < -0.3 is 15.2 Å². The van der Waals surface area contributed by atoms with Crippen LogP contribution < -0.4 is 10.6 Å². The van der Waals surface area contributed by atoms with Gasteiger partial charge in [0.25, 0.3) is 0 Å². The van der Waals surface area contributed by atoms with E-state index >= 15 is 0 Å². The van der Waals surface area contributed by atoms with Crippen LogP contribution in [0.15, 0.2) is 48.8 Å². The van der Waals surface area contributed by atoms with Crippen LogP contribution in [0.5, 0.6) is 0 Å². The fraction of sp³-hybridized carbons (Fsp3) is 0.381. The van der Waals surface area contributed by atoms with Crippen molar-refractivity contribution in [2.45, 2.75) is 32.5 Å². The summed E-state index contributed by atoms with van der Waals surface area (Å²) < 4.78 is 1.98. The summed E-state index contributed by atoms with van der Waals surface area (Å²) in [5.74, 6) is 0.570. The summed E-state index contributed by atoms with van der Waals surface area (Å²) in [4.78, 5) is 31.1. The molecule has 28 heavy (non-hydrogen) atoms. The summed E-state index contributed by atoms with van der Waals surface area (Å²) in [6.07, 6.45) is 7.82. The van der Waals surface area contributed by atoms with E-state index in [0.29, 0.717) is 19.6 Å². The Labute approximate surface area is 165 Å². The number of carbonyl (C=O) groups is 2. The predicted molar refractivity (Wildman–Crippen MR) is 108 cm³/mol. The number of rotatable bonds is 8. The summed E-state index contributed by atoms with van der Waals surface area (Å²) in [6, 6.07) is 9.57. The van der Waals surface area contributed by atoms with Gasteiger partial charge in [0.1, 0.15) is 5.82 Å². The zero-order chi connectivity index (χ0) is 19.8. The molecule has 7 heteroatoms. The molecule has 1 aromatic heterocycles. The number of imidazole rings is 1. The minimum absolute atomic E-state index is 0.0930. The fourth-order valence-electron chi connectivity index (χ4n) is 3.31. The summed E-state index contributed by atoms with van der Waals surface area (Å²) in [5, 5.41) is 5.75. The average Bonchev–Trinajstić information content (AvgIpc) is 3.17. The molecule has 0 bridgehead atoms. The van der Waals surface area contributed by atoms with E-state index in [1.54, 1.807) is 6.20 Å². The molecule has 0 spiro atoms. The highest BCUT2D eigenvalue weighted by Crippen LogP contribution is 2.10. The van der Waals surface area contributed by atoms with E-state index in [1.807, 2.05) is 65.1 Å². The first-order valence-corrected chi connectivity index (χ1v) is 9.67. The summed E-state index contributed by atoms with van der Waals surface area (Å²) in [6.45, 7) is 5.15. The molecule has 1 atom stereocenters. The quantitative estimate of drug-likeness (QED) is 0.725. The molecule has 3 rings (SSSR count). The van der Waals surface area contributed by atoms with E-state index in [0.717, 1.165) is 24.5 Å². The second kappa shape index (κ2) is 9.85. The summed E-state index contributed by atoms with van der Waals surface area (Å²) in [7, 11) is 0. The molecule has 2 aromatic rings. The Hall–Kier alpha value is -2.93. The lowest BCUT2D eigenvalue weighted by atomic mass is 10.1. The van der Waals surface area contributed by atoms with Crippen LogP contribution in [0.2, 0.25) is 0 Å². The van der Waals surface area contributed by atoms with Crippen molar-refractivity contribution in [3.05, 3.63) is 60.2 Å². The lowest BCUT2D eigenvalue weighted by Gasteiger charge is -2.33. The van der Waals surface area contributed by atoms with Crippen LogP contribution in [0, 0.1) is 0 Å². The standard InChI is InChI=1S/C21H27N5O2/c1-2-25-13-10-22-19(25)16-24-20(27)15-18-21(28)23-11-14-26(18)12-6-9-17-7-4-3-5-8-17/h3-10,13,18H,2,11-12,14-16H2,1H3,(H,23,28)(H,24,27)/b9-6+. The van der Waals surface area contributed by atoms with E-state index < -0.39 is 6.04 Å². The highest BCUT2D eigenvalue weighted by atomic mass is 16.2. The van der Waals surface area contributed by atoms with Crippen LogP contribution in [0.25, 0.3) is 6.08 Å². The van der Waals surface area contributed by atoms with Gasteiger partial charge in [-0.15, -0.1) is 0 Å². The molecule has 1 aromatic carbocycles. The number of benzene rings is 1. The van der Waals surface area contributed by atoms with E-state index in [-0.39, 0.29) is 18.2 Å². The van der Waals surface area contributed by atoms with Gasteiger partial charge in [-0.2, -0.15) is 0 Å². The van der Waals surface area contributed by atoms with Gasteiger partial charge in [-0.25, -0.2) is 4.98 Å². The highest BCUT2D eigenvalue weighted by molar-refractivity contribution is 5.88. The molecule has 1 saturated heterocycles. The zero-order valence-corrected chi connectivity index (χ0v) is 16.2. The largest absolute Gasteiger partial charge is 0.353 e. The van der Waals surface area contributed by atoms with E-state index in [2.05, 4.69) is 15.6 Å². The lowest BCUT2D eigenvalue weighted by molar-refractivity contribution is -0.133. The van der Waals surface area contributed by atoms with Crippen molar-refractivity contribution < 1.29 is 9.59 Å². The van der Waals surface area contributed by atoms with Gasteiger partial charge >= 0.3 is 0 Å². The first kappa shape index (κ1) is 19.8. The molecule has 1 unspecified atom stereocenters. The van der Waals surface area contributed by atoms with Gasteiger partial charge in [0.05, 0.1) is 19.0 Å². The van der Waals surface area contributed by atoms with Crippen molar-refractivity contribution in [1.82, 2.24) is 25.1 Å². The molecule has 2 amide bonds. The van der Waals surface area contributed by atoms with Crippen molar-refractivity contribution in [2.24, 2.45) is 0 Å². The second-order valence-corrected chi connectivity index (χ2v) is 6.73. The lowest BCUT2D eigenvalue weighted by Crippen LogP contribution is -2.56. The molecular weight excluding hydrogens is 354 g/mol. The molecule has 0 aliphatic carbocycles. The highest BCUT2D eigenvalue weighted by Gasteiger charge is 2.30. The van der Waals surface area contributed by atoms with Gasteiger partial charge in [0, 0.05) is 38.6 Å². The second-order valence-electron chi connectivity index (χ2n) is 6.73. The van der Waals surface area contributed by atoms with Gasteiger partial charge in [-0.1, -0.05) is 42.5 Å². The minimum atomic E-state index is -0.458. The fourth-order valence-corrected chi connectivity index (χ4v) is 3.31. The van der Waals surface area contributed by atoms with Crippen molar-refractivity contribution >= 4 is 17.9 Å². The van der Waals surface area contributed by atoms with E-state index in [9.17, 15) is 9.59 Å². The Morgan fingerprint density at radius 3 is 2.96 bits per heavy atom. The number of nitrogens with one attached hydrogen (secondary N) is 2. The molecule has 1 fully saturated rings. The first-order chi connectivity index (χ1) is 13.7. The van der Waals surface area contributed by atoms with Gasteiger partial charge in [0.15, 0.2) is 0 Å². The predicted octanol–water partition coefficient (Wildman–Crippen LogP) is 1.42.